The summed E-state index contributed by atoms with van der Waals surface area (Å²) in [6, 6.07) is 14.5. The van der Waals surface area contributed by atoms with Crippen molar-refractivity contribution in [3.8, 4) is 0 Å². The average molecular weight is 296 g/mol. The van der Waals surface area contributed by atoms with E-state index in [0.717, 1.165) is 5.56 Å². The highest BCUT2D eigenvalue weighted by Crippen LogP contribution is 2.30. The van der Waals surface area contributed by atoms with Crippen molar-refractivity contribution in [2.24, 2.45) is 0 Å². The third kappa shape index (κ3) is 2.38. The van der Waals surface area contributed by atoms with Crippen LogP contribution in [-0.4, -0.2) is 5.11 Å². The molecule has 0 bridgehead atoms. The molecule has 0 radical (unpaired) electrons. The summed E-state index contributed by atoms with van der Waals surface area (Å²) in [5.41, 5.74) is 4.66. The first kappa shape index (κ1) is 13.0. The number of hydrogen-bond acceptors (Lipinski definition) is 3. The molecule has 0 fully saturated rings. The molecule has 3 heteroatoms. The lowest BCUT2D eigenvalue weighted by Crippen LogP contribution is -2.02. The van der Waals surface area contributed by atoms with Crippen molar-refractivity contribution in [1.82, 2.24) is 0 Å². The quantitative estimate of drug-likeness (QED) is 0.784. The molecule has 2 aromatic carbocycles. The molecule has 3 aromatic rings. The molecule has 0 saturated heterocycles. The molecule has 1 unspecified atom stereocenters. The van der Waals surface area contributed by atoms with E-state index in [1.54, 1.807) is 11.3 Å². The highest BCUT2D eigenvalue weighted by molar-refractivity contribution is 7.17. The van der Waals surface area contributed by atoms with Crippen molar-refractivity contribution in [2.75, 3.05) is 0 Å². The summed E-state index contributed by atoms with van der Waals surface area (Å²) >= 11 is 1.74. The average Bonchev–Trinajstić information content (AvgIpc) is 3.13. The fourth-order valence-corrected chi connectivity index (χ4v) is 3.89. The van der Waals surface area contributed by atoms with Gasteiger partial charge >= 0.3 is 0 Å². The Balaban J connectivity index is 1.62. The molecule has 21 heavy (non-hydrogen) atoms. The monoisotopic (exact) mass is 296 g/mol. The van der Waals surface area contributed by atoms with E-state index in [9.17, 15) is 5.11 Å². The molecule has 2 nitrogen and oxygen atoms in total. The SMILES string of the molecule is OC(Cc1csc2ccccc12)c1ccc2c(c1)COC2. The van der Waals surface area contributed by atoms with Gasteiger partial charge in [-0.1, -0.05) is 36.4 Å². The molecule has 1 aliphatic heterocycles. The van der Waals surface area contributed by atoms with Crippen LogP contribution >= 0.6 is 11.3 Å². The Morgan fingerprint density at radius 2 is 1.95 bits per heavy atom. The predicted octanol–water partition coefficient (Wildman–Crippen LogP) is 4.21. The van der Waals surface area contributed by atoms with Crippen LogP contribution in [0.5, 0.6) is 0 Å². The lowest BCUT2D eigenvalue weighted by Gasteiger charge is -2.12. The van der Waals surface area contributed by atoms with Gasteiger partial charge in [-0.05, 0) is 39.1 Å². The molecule has 1 N–H and O–H groups in total. The Labute approximate surface area is 127 Å². The predicted molar refractivity (Wildman–Crippen MR) is 85.4 cm³/mol. The Bertz CT molecular complexity index is 791. The molecule has 1 aliphatic rings. The largest absolute Gasteiger partial charge is 0.388 e. The second-order valence-corrected chi connectivity index (χ2v) is 6.41. The number of ether oxygens (including phenoxy) is 1. The van der Waals surface area contributed by atoms with Gasteiger partial charge in [0, 0.05) is 11.1 Å². The van der Waals surface area contributed by atoms with Gasteiger partial charge in [0.05, 0.1) is 19.3 Å². The van der Waals surface area contributed by atoms with Crippen molar-refractivity contribution >= 4 is 21.4 Å². The minimum Gasteiger partial charge on any atom is -0.388 e. The van der Waals surface area contributed by atoms with Crippen LogP contribution in [0.1, 0.15) is 28.4 Å². The van der Waals surface area contributed by atoms with E-state index in [4.69, 9.17) is 4.74 Å². The Morgan fingerprint density at radius 3 is 2.90 bits per heavy atom. The van der Waals surface area contributed by atoms with Crippen LogP contribution < -0.4 is 0 Å². The van der Waals surface area contributed by atoms with Crippen molar-refractivity contribution in [3.05, 3.63) is 70.1 Å². The second-order valence-electron chi connectivity index (χ2n) is 5.50. The molecule has 4 rings (SSSR count). The fraction of sp³-hybridized carbons (Fsp3) is 0.222. The van der Waals surface area contributed by atoms with Crippen LogP contribution in [0.25, 0.3) is 10.1 Å². The van der Waals surface area contributed by atoms with E-state index < -0.39 is 6.10 Å². The van der Waals surface area contributed by atoms with E-state index in [-0.39, 0.29) is 0 Å². The van der Waals surface area contributed by atoms with Gasteiger partial charge in [0.2, 0.25) is 0 Å². The van der Waals surface area contributed by atoms with Gasteiger partial charge in [-0.15, -0.1) is 11.3 Å². The molecule has 0 amide bonds. The van der Waals surface area contributed by atoms with Crippen molar-refractivity contribution in [3.63, 3.8) is 0 Å². The van der Waals surface area contributed by atoms with Gasteiger partial charge in [-0.2, -0.15) is 0 Å². The van der Waals surface area contributed by atoms with E-state index in [0.29, 0.717) is 19.6 Å². The number of fused-ring (bicyclic) bond motifs is 2. The second kappa shape index (κ2) is 5.26. The summed E-state index contributed by atoms with van der Waals surface area (Å²) in [4.78, 5) is 0. The van der Waals surface area contributed by atoms with Crippen LogP contribution in [0.15, 0.2) is 47.8 Å². The molecule has 0 aliphatic carbocycles. The molecule has 1 aromatic heterocycles. The summed E-state index contributed by atoms with van der Waals surface area (Å²) in [5.74, 6) is 0. The highest BCUT2D eigenvalue weighted by atomic mass is 32.1. The first-order valence-electron chi connectivity index (χ1n) is 7.14. The van der Waals surface area contributed by atoms with Crippen LogP contribution in [0.4, 0.5) is 0 Å². The Kier molecular flexibility index (Phi) is 3.26. The summed E-state index contributed by atoms with van der Waals surface area (Å²) in [7, 11) is 0. The summed E-state index contributed by atoms with van der Waals surface area (Å²) in [5, 5.41) is 14.0. The minimum atomic E-state index is -0.464. The summed E-state index contributed by atoms with van der Waals surface area (Å²) in [6.45, 7) is 1.36. The topological polar surface area (TPSA) is 29.5 Å². The zero-order valence-electron chi connectivity index (χ0n) is 11.6. The van der Waals surface area contributed by atoms with Crippen LogP contribution in [0, 0.1) is 0 Å². The molecular formula is C18H16O2S. The van der Waals surface area contributed by atoms with Gasteiger partial charge < -0.3 is 9.84 Å². The molecule has 106 valence electrons. The van der Waals surface area contributed by atoms with Gasteiger partial charge in [0.15, 0.2) is 0 Å². The number of aliphatic hydroxyl groups excluding tert-OH is 1. The maximum Gasteiger partial charge on any atom is 0.0831 e. The first-order valence-corrected chi connectivity index (χ1v) is 8.02. The third-order valence-corrected chi connectivity index (χ3v) is 5.12. The smallest absolute Gasteiger partial charge is 0.0831 e. The number of aliphatic hydroxyl groups is 1. The molecule has 0 saturated carbocycles. The minimum absolute atomic E-state index is 0.464. The van der Waals surface area contributed by atoms with Gasteiger partial charge in [0.25, 0.3) is 0 Å². The Morgan fingerprint density at radius 1 is 1.10 bits per heavy atom. The van der Waals surface area contributed by atoms with Gasteiger partial charge in [-0.3, -0.25) is 0 Å². The van der Waals surface area contributed by atoms with E-state index >= 15 is 0 Å². The maximum absolute atomic E-state index is 10.5. The number of benzene rings is 2. The highest BCUT2D eigenvalue weighted by Gasteiger charge is 2.16. The molecular weight excluding hydrogens is 280 g/mol. The third-order valence-electron chi connectivity index (χ3n) is 4.10. The lowest BCUT2D eigenvalue weighted by atomic mass is 9.98. The standard InChI is InChI=1S/C18H16O2S/c19-17(12-5-6-13-9-20-10-14(13)7-12)8-15-11-21-18-4-2-1-3-16(15)18/h1-7,11,17,19H,8-10H2. The van der Waals surface area contributed by atoms with Gasteiger partial charge in [0.1, 0.15) is 0 Å². The zero-order chi connectivity index (χ0) is 14.2. The number of hydrogen-bond donors (Lipinski definition) is 1. The normalized spacial score (nSPS) is 15.3. The van der Waals surface area contributed by atoms with E-state index in [1.807, 2.05) is 6.07 Å². The zero-order valence-corrected chi connectivity index (χ0v) is 12.4. The van der Waals surface area contributed by atoms with Crippen LogP contribution in [-0.2, 0) is 24.4 Å². The summed E-state index contributed by atoms with van der Waals surface area (Å²) in [6.07, 6.45) is 0.192. The fourth-order valence-electron chi connectivity index (χ4n) is 2.92. The first-order chi connectivity index (χ1) is 10.3. The Hall–Kier alpha value is -1.68. The summed E-state index contributed by atoms with van der Waals surface area (Å²) < 4.78 is 6.71. The van der Waals surface area contributed by atoms with Crippen molar-refractivity contribution in [1.29, 1.82) is 0 Å². The van der Waals surface area contributed by atoms with Crippen molar-refractivity contribution < 1.29 is 9.84 Å². The molecule has 1 atom stereocenters. The van der Waals surface area contributed by atoms with Crippen LogP contribution in [0.2, 0.25) is 0 Å². The van der Waals surface area contributed by atoms with Crippen LogP contribution in [0.3, 0.4) is 0 Å². The maximum atomic E-state index is 10.5. The number of thiophene rings is 1. The van der Waals surface area contributed by atoms with Gasteiger partial charge in [-0.25, -0.2) is 0 Å². The molecule has 2 heterocycles. The van der Waals surface area contributed by atoms with Crippen molar-refractivity contribution in [2.45, 2.75) is 25.7 Å². The van der Waals surface area contributed by atoms with E-state index in [2.05, 4.69) is 41.8 Å². The number of rotatable bonds is 3. The lowest BCUT2D eigenvalue weighted by molar-refractivity contribution is 0.134. The van der Waals surface area contributed by atoms with E-state index in [1.165, 1.54) is 26.8 Å². The molecule has 0 spiro atoms.